The molecule has 3 aromatic rings. The Hall–Kier alpha value is -3.39. The fourth-order valence-corrected chi connectivity index (χ4v) is 5.83. The molecule has 0 aliphatic carbocycles. The van der Waals surface area contributed by atoms with E-state index in [1.54, 1.807) is 21.9 Å². The molecule has 1 saturated heterocycles. The number of thioether (sulfide) groups is 1. The zero-order valence-electron chi connectivity index (χ0n) is 17.8. The molecule has 3 aromatic carbocycles. The standard InChI is InChI=1S/C25H21F2N3O2S/c1-16-2-11-22-21(14-16)25(23(31)29(22)15-17-3-5-18(26)6-4-17)30(12-13-33-25)24(32)28-20-9-7-19(27)8-10-20/h2-11,14H,12-13,15H2,1H3,(H,28,32)/t25-/m0/s1. The number of hydrogen-bond acceptors (Lipinski definition) is 3. The molecule has 5 nitrogen and oxygen atoms in total. The van der Waals surface area contributed by atoms with Crippen LogP contribution in [0.25, 0.3) is 0 Å². The summed E-state index contributed by atoms with van der Waals surface area (Å²) in [5, 5.41) is 2.79. The number of benzene rings is 3. The van der Waals surface area contributed by atoms with Crippen LogP contribution in [0, 0.1) is 18.6 Å². The molecule has 0 bridgehead atoms. The number of carbonyl (C=O) groups excluding carboxylic acids is 2. The fourth-order valence-electron chi connectivity index (χ4n) is 4.38. The van der Waals surface area contributed by atoms with Crippen LogP contribution in [-0.2, 0) is 16.2 Å². The Bertz CT molecular complexity index is 1230. The predicted molar refractivity (Wildman–Crippen MR) is 125 cm³/mol. The van der Waals surface area contributed by atoms with Crippen LogP contribution in [0.1, 0.15) is 16.7 Å². The van der Waals surface area contributed by atoms with E-state index in [1.165, 1.54) is 48.2 Å². The highest BCUT2D eigenvalue weighted by Gasteiger charge is 2.59. The number of rotatable bonds is 3. The Balaban J connectivity index is 1.52. The maximum atomic E-state index is 13.9. The Kier molecular flexibility index (Phi) is 5.32. The van der Waals surface area contributed by atoms with Crippen molar-refractivity contribution in [1.82, 2.24) is 4.90 Å². The second kappa shape index (κ2) is 8.19. The zero-order chi connectivity index (χ0) is 23.2. The van der Waals surface area contributed by atoms with Gasteiger partial charge in [-0.15, -0.1) is 11.8 Å². The number of urea groups is 1. The van der Waals surface area contributed by atoms with E-state index in [0.29, 0.717) is 18.0 Å². The van der Waals surface area contributed by atoms with Crippen LogP contribution in [0.4, 0.5) is 25.0 Å². The van der Waals surface area contributed by atoms with E-state index in [4.69, 9.17) is 0 Å². The molecular formula is C25H21F2N3O2S. The van der Waals surface area contributed by atoms with Gasteiger partial charge in [-0.25, -0.2) is 13.6 Å². The molecule has 168 valence electrons. The number of amides is 3. The van der Waals surface area contributed by atoms with Gasteiger partial charge in [0.25, 0.3) is 5.91 Å². The lowest BCUT2D eigenvalue weighted by molar-refractivity contribution is -0.123. The van der Waals surface area contributed by atoms with E-state index in [0.717, 1.165) is 22.4 Å². The van der Waals surface area contributed by atoms with Crippen LogP contribution in [0.15, 0.2) is 66.7 Å². The van der Waals surface area contributed by atoms with Crippen molar-refractivity contribution in [1.29, 1.82) is 0 Å². The molecule has 8 heteroatoms. The number of aryl methyl sites for hydroxylation is 1. The normalized spacial score (nSPS) is 19.3. The van der Waals surface area contributed by atoms with Crippen molar-refractivity contribution in [2.24, 2.45) is 0 Å². The summed E-state index contributed by atoms with van der Waals surface area (Å²) in [6, 6.07) is 16.9. The van der Waals surface area contributed by atoms with E-state index >= 15 is 0 Å². The van der Waals surface area contributed by atoms with Crippen LogP contribution < -0.4 is 10.2 Å². The fraction of sp³-hybridized carbons (Fsp3) is 0.200. The molecule has 0 saturated carbocycles. The highest BCUT2D eigenvalue weighted by molar-refractivity contribution is 8.01. The maximum Gasteiger partial charge on any atom is 0.323 e. The molecule has 0 aromatic heterocycles. The Morgan fingerprint density at radius 2 is 1.70 bits per heavy atom. The van der Waals surface area contributed by atoms with Crippen molar-refractivity contribution in [2.45, 2.75) is 18.3 Å². The van der Waals surface area contributed by atoms with Crippen molar-refractivity contribution in [3.63, 3.8) is 0 Å². The van der Waals surface area contributed by atoms with Gasteiger partial charge in [0, 0.05) is 23.5 Å². The number of nitrogens with one attached hydrogen (secondary N) is 1. The van der Waals surface area contributed by atoms with Crippen molar-refractivity contribution < 1.29 is 18.4 Å². The van der Waals surface area contributed by atoms with Crippen molar-refractivity contribution in [2.75, 3.05) is 22.5 Å². The van der Waals surface area contributed by atoms with Crippen LogP contribution >= 0.6 is 11.8 Å². The number of fused-ring (bicyclic) bond motifs is 2. The molecule has 0 radical (unpaired) electrons. The third-order valence-electron chi connectivity index (χ3n) is 5.94. The molecular weight excluding hydrogens is 444 g/mol. The topological polar surface area (TPSA) is 52.7 Å². The molecule has 2 heterocycles. The first-order valence-corrected chi connectivity index (χ1v) is 11.5. The Morgan fingerprint density at radius 3 is 2.39 bits per heavy atom. The van der Waals surface area contributed by atoms with Gasteiger partial charge in [0.05, 0.1) is 12.2 Å². The summed E-state index contributed by atoms with van der Waals surface area (Å²) in [5.74, 6) is -0.341. The monoisotopic (exact) mass is 465 g/mol. The van der Waals surface area contributed by atoms with Gasteiger partial charge in [-0.1, -0.05) is 29.8 Å². The predicted octanol–water partition coefficient (Wildman–Crippen LogP) is 5.25. The summed E-state index contributed by atoms with van der Waals surface area (Å²) < 4.78 is 26.7. The largest absolute Gasteiger partial charge is 0.323 e. The molecule has 1 atom stereocenters. The summed E-state index contributed by atoms with van der Waals surface area (Å²) in [5.41, 5.74) is 3.73. The molecule has 1 spiro atoms. The number of nitrogens with zero attached hydrogens (tertiary/aromatic N) is 2. The summed E-state index contributed by atoms with van der Waals surface area (Å²) in [6.45, 7) is 2.61. The van der Waals surface area contributed by atoms with E-state index in [2.05, 4.69) is 5.32 Å². The minimum Gasteiger partial charge on any atom is -0.308 e. The van der Waals surface area contributed by atoms with Gasteiger partial charge in [0.2, 0.25) is 0 Å². The average molecular weight is 466 g/mol. The Labute approximate surface area is 194 Å². The lowest BCUT2D eigenvalue weighted by Gasteiger charge is -2.33. The van der Waals surface area contributed by atoms with Gasteiger partial charge in [-0.2, -0.15) is 0 Å². The van der Waals surface area contributed by atoms with E-state index in [1.807, 2.05) is 25.1 Å². The molecule has 1 N–H and O–H groups in total. The average Bonchev–Trinajstić information content (AvgIpc) is 3.34. The first-order valence-electron chi connectivity index (χ1n) is 10.5. The van der Waals surface area contributed by atoms with Gasteiger partial charge in [-0.05, 0) is 55.0 Å². The SMILES string of the molecule is Cc1ccc2c(c1)[C@]1(SCCN1C(=O)Nc1ccc(F)cc1)C(=O)N2Cc1ccc(F)cc1. The number of halogens is 2. The zero-order valence-corrected chi connectivity index (χ0v) is 18.7. The van der Waals surface area contributed by atoms with Crippen LogP contribution in [-0.4, -0.2) is 29.1 Å². The lowest BCUT2D eigenvalue weighted by atomic mass is 10.0. The van der Waals surface area contributed by atoms with Gasteiger partial charge >= 0.3 is 6.03 Å². The van der Waals surface area contributed by atoms with Crippen LogP contribution in [0.2, 0.25) is 0 Å². The van der Waals surface area contributed by atoms with Gasteiger partial charge in [0.1, 0.15) is 11.6 Å². The van der Waals surface area contributed by atoms with Crippen molar-refractivity contribution in [3.05, 3.63) is 95.1 Å². The minimum atomic E-state index is -1.19. The van der Waals surface area contributed by atoms with Crippen molar-refractivity contribution in [3.8, 4) is 0 Å². The molecule has 5 rings (SSSR count). The summed E-state index contributed by atoms with van der Waals surface area (Å²) in [4.78, 5) is 29.3. The molecule has 3 amide bonds. The van der Waals surface area contributed by atoms with E-state index in [-0.39, 0.29) is 18.3 Å². The molecule has 2 aliphatic heterocycles. The number of anilines is 2. The Morgan fingerprint density at radius 1 is 1.03 bits per heavy atom. The van der Waals surface area contributed by atoms with Crippen LogP contribution in [0.3, 0.4) is 0 Å². The number of carbonyl (C=O) groups is 2. The summed E-state index contributed by atoms with van der Waals surface area (Å²) in [7, 11) is 0. The highest BCUT2D eigenvalue weighted by Crippen LogP contribution is 2.54. The smallest absolute Gasteiger partial charge is 0.308 e. The lowest BCUT2D eigenvalue weighted by Crippen LogP contribution is -2.51. The molecule has 33 heavy (non-hydrogen) atoms. The second-order valence-corrected chi connectivity index (χ2v) is 9.41. The van der Waals surface area contributed by atoms with E-state index < -0.39 is 16.7 Å². The first-order chi connectivity index (χ1) is 15.9. The summed E-state index contributed by atoms with van der Waals surface area (Å²) >= 11 is 1.43. The minimum absolute atomic E-state index is 0.204. The molecule has 2 aliphatic rings. The third-order valence-corrected chi connectivity index (χ3v) is 7.36. The van der Waals surface area contributed by atoms with Crippen molar-refractivity contribution >= 4 is 35.1 Å². The molecule has 0 unspecified atom stereocenters. The van der Waals surface area contributed by atoms with E-state index in [9.17, 15) is 18.4 Å². The maximum absolute atomic E-state index is 13.9. The van der Waals surface area contributed by atoms with Gasteiger partial charge < -0.3 is 10.2 Å². The van der Waals surface area contributed by atoms with Gasteiger partial charge in [0.15, 0.2) is 4.87 Å². The quantitative estimate of drug-likeness (QED) is 0.575. The van der Waals surface area contributed by atoms with Crippen LogP contribution in [0.5, 0.6) is 0 Å². The first kappa shape index (κ1) is 21.5. The van der Waals surface area contributed by atoms with Gasteiger partial charge in [-0.3, -0.25) is 9.69 Å². The third kappa shape index (κ3) is 3.64. The highest BCUT2D eigenvalue weighted by atomic mass is 32.2. The second-order valence-electron chi connectivity index (χ2n) is 8.12. The molecule has 1 fully saturated rings. The summed E-state index contributed by atoms with van der Waals surface area (Å²) in [6.07, 6.45) is 0. The number of hydrogen-bond donors (Lipinski definition) is 1.